The fourth-order valence-electron chi connectivity index (χ4n) is 1.95. The third-order valence-corrected chi connectivity index (χ3v) is 2.92. The molecule has 2 N–H and O–H groups in total. The molecule has 0 unspecified atom stereocenters. The van der Waals surface area contributed by atoms with Crippen LogP contribution in [0.1, 0.15) is 17.2 Å². The molecule has 132 valence electrons. The lowest BCUT2D eigenvalue weighted by atomic mass is 9.99. The molecule has 0 aliphatic rings. The van der Waals surface area contributed by atoms with E-state index in [1.54, 1.807) is 6.07 Å². The number of rotatable bonds is 5. The minimum Gasteiger partial charge on any atom is -0.435 e. The van der Waals surface area contributed by atoms with Crippen LogP contribution in [-0.2, 0) is 0 Å². The van der Waals surface area contributed by atoms with E-state index in [0.717, 1.165) is 12.1 Å². The van der Waals surface area contributed by atoms with Crippen LogP contribution >= 0.6 is 12.4 Å². The van der Waals surface area contributed by atoms with Crippen molar-refractivity contribution in [3.63, 3.8) is 0 Å². The Kier molecular flexibility index (Phi) is 6.80. The molecular formula is C15H13ClF5NO2. The third kappa shape index (κ3) is 5.86. The summed E-state index contributed by atoms with van der Waals surface area (Å²) in [5.41, 5.74) is 6.96. The zero-order valence-corrected chi connectivity index (χ0v) is 12.8. The Morgan fingerprint density at radius 2 is 1.50 bits per heavy atom. The number of hydrogen-bond acceptors (Lipinski definition) is 3. The first-order valence-corrected chi connectivity index (χ1v) is 6.40. The quantitative estimate of drug-likeness (QED) is 0.780. The Bertz CT molecular complexity index is 649. The van der Waals surface area contributed by atoms with Gasteiger partial charge in [-0.15, -0.1) is 25.6 Å². The van der Waals surface area contributed by atoms with E-state index in [2.05, 4.69) is 9.47 Å². The van der Waals surface area contributed by atoms with Gasteiger partial charge in [-0.25, -0.2) is 0 Å². The molecule has 9 heteroatoms. The fourth-order valence-corrected chi connectivity index (χ4v) is 1.95. The van der Waals surface area contributed by atoms with Crippen molar-refractivity contribution in [3.05, 3.63) is 59.7 Å². The predicted molar refractivity (Wildman–Crippen MR) is 79.5 cm³/mol. The zero-order chi connectivity index (χ0) is 17.0. The van der Waals surface area contributed by atoms with Crippen LogP contribution in [0.2, 0.25) is 0 Å². The molecule has 0 amide bonds. The highest BCUT2D eigenvalue weighted by molar-refractivity contribution is 5.85. The number of alkyl halides is 5. The van der Waals surface area contributed by atoms with Crippen molar-refractivity contribution in [2.75, 3.05) is 0 Å². The predicted octanol–water partition coefficient (Wildman–Crippen LogP) is 4.66. The molecule has 0 heterocycles. The highest BCUT2D eigenvalue weighted by Gasteiger charge is 2.31. The first-order valence-electron chi connectivity index (χ1n) is 6.40. The van der Waals surface area contributed by atoms with Crippen LogP contribution in [-0.4, -0.2) is 13.0 Å². The summed E-state index contributed by atoms with van der Waals surface area (Å²) in [6, 6.07) is 10.1. The Balaban J connectivity index is 0.00000288. The van der Waals surface area contributed by atoms with E-state index < -0.39 is 19.0 Å². The van der Waals surface area contributed by atoms with Gasteiger partial charge in [-0.1, -0.05) is 24.3 Å². The topological polar surface area (TPSA) is 44.5 Å². The highest BCUT2D eigenvalue weighted by atomic mass is 35.5. The van der Waals surface area contributed by atoms with Gasteiger partial charge in [0.2, 0.25) is 0 Å². The zero-order valence-electron chi connectivity index (χ0n) is 12.0. The molecule has 2 aromatic carbocycles. The minimum atomic E-state index is -4.77. The van der Waals surface area contributed by atoms with Crippen molar-refractivity contribution in [1.29, 1.82) is 0 Å². The lowest BCUT2D eigenvalue weighted by Gasteiger charge is -2.15. The first-order chi connectivity index (χ1) is 10.7. The van der Waals surface area contributed by atoms with Gasteiger partial charge in [0.15, 0.2) is 0 Å². The summed E-state index contributed by atoms with van der Waals surface area (Å²) in [4.78, 5) is 0. The van der Waals surface area contributed by atoms with Crippen LogP contribution in [0.25, 0.3) is 0 Å². The van der Waals surface area contributed by atoms with Crippen molar-refractivity contribution in [2.24, 2.45) is 5.73 Å². The maximum Gasteiger partial charge on any atom is 0.573 e. The number of hydrogen-bond donors (Lipinski definition) is 1. The molecule has 1 atom stereocenters. The smallest absolute Gasteiger partial charge is 0.435 e. The molecule has 0 aliphatic heterocycles. The molecule has 0 aliphatic carbocycles. The van der Waals surface area contributed by atoms with E-state index in [1.807, 2.05) is 0 Å². The van der Waals surface area contributed by atoms with Crippen LogP contribution in [0.15, 0.2) is 48.5 Å². The summed E-state index contributed by atoms with van der Waals surface area (Å²) < 4.78 is 68.7. The van der Waals surface area contributed by atoms with Crippen LogP contribution in [0.5, 0.6) is 11.5 Å². The average Bonchev–Trinajstić information content (AvgIpc) is 2.45. The van der Waals surface area contributed by atoms with Crippen LogP contribution < -0.4 is 15.2 Å². The molecule has 2 rings (SSSR count). The van der Waals surface area contributed by atoms with E-state index in [-0.39, 0.29) is 23.9 Å². The Morgan fingerprint density at radius 1 is 0.875 bits per heavy atom. The summed E-state index contributed by atoms with van der Waals surface area (Å²) in [6.45, 7) is -2.96. The SMILES string of the molecule is Cl.N[C@@H](c1ccc(OC(F)(F)F)cc1)c1cccc(OC(F)F)c1. The molecule has 3 nitrogen and oxygen atoms in total. The second-order valence-electron chi connectivity index (χ2n) is 4.55. The lowest BCUT2D eigenvalue weighted by molar-refractivity contribution is -0.274. The van der Waals surface area contributed by atoms with Crippen molar-refractivity contribution in [1.82, 2.24) is 0 Å². The highest BCUT2D eigenvalue weighted by Crippen LogP contribution is 2.27. The van der Waals surface area contributed by atoms with Crippen molar-refractivity contribution in [3.8, 4) is 11.5 Å². The molecule has 24 heavy (non-hydrogen) atoms. The van der Waals surface area contributed by atoms with Gasteiger partial charge in [-0.3, -0.25) is 0 Å². The number of ether oxygens (including phenoxy) is 2. The molecule has 0 radical (unpaired) electrons. The summed E-state index contributed by atoms with van der Waals surface area (Å²) in [7, 11) is 0. The normalized spacial score (nSPS) is 12.5. The fraction of sp³-hybridized carbons (Fsp3) is 0.200. The lowest BCUT2D eigenvalue weighted by Crippen LogP contribution is -2.17. The molecule has 0 aromatic heterocycles. The van der Waals surface area contributed by atoms with Crippen LogP contribution in [0, 0.1) is 0 Å². The maximum absolute atomic E-state index is 12.2. The summed E-state index contributed by atoms with van der Waals surface area (Å²) in [5.74, 6) is -0.423. The molecule has 0 saturated carbocycles. The minimum absolute atomic E-state index is 0. The van der Waals surface area contributed by atoms with Gasteiger partial charge in [0.25, 0.3) is 0 Å². The number of benzene rings is 2. The number of nitrogens with two attached hydrogens (primary N) is 1. The van der Waals surface area contributed by atoms with Gasteiger partial charge in [0.1, 0.15) is 11.5 Å². The van der Waals surface area contributed by atoms with E-state index >= 15 is 0 Å². The largest absolute Gasteiger partial charge is 0.573 e. The summed E-state index contributed by atoms with van der Waals surface area (Å²) >= 11 is 0. The van der Waals surface area contributed by atoms with Gasteiger partial charge in [0, 0.05) is 0 Å². The van der Waals surface area contributed by atoms with Gasteiger partial charge in [-0.2, -0.15) is 8.78 Å². The van der Waals surface area contributed by atoms with Gasteiger partial charge in [-0.05, 0) is 35.4 Å². The van der Waals surface area contributed by atoms with Crippen LogP contribution in [0.4, 0.5) is 22.0 Å². The maximum atomic E-state index is 12.2. The monoisotopic (exact) mass is 369 g/mol. The molecule has 0 bridgehead atoms. The Labute approximate surface area is 140 Å². The Morgan fingerprint density at radius 3 is 2.04 bits per heavy atom. The second-order valence-corrected chi connectivity index (χ2v) is 4.55. The summed E-state index contributed by atoms with van der Waals surface area (Å²) in [5, 5.41) is 0. The average molecular weight is 370 g/mol. The van der Waals surface area contributed by atoms with E-state index in [0.29, 0.717) is 11.1 Å². The second kappa shape index (κ2) is 8.16. The molecule has 2 aromatic rings. The first kappa shape index (κ1) is 20.0. The molecular weight excluding hydrogens is 357 g/mol. The van der Waals surface area contributed by atoms with Crippen LogP contribution in [0.3, 0.4) is 0 Å². The van der Waals surface area contributed by atoms with E-state index in [4.69, 9.17) is 5.73 Å². The molecule has 0 fully saturated rings. The van der Waals surface area contributed by atoms with Crippen molar-refractivity contribution < 1.29 is 31.4 Å². The standard InChI is InChI=1S/C15H12F5NO2.ClH/c16-14(17)22-12-3-1-2-10(8-12)13(21)9-4-6-11(7-5-9)23-15(18,19)20;/h1-8,13-14H,21H2;1H/t13-;/m0./s1. The molecule has 0 spiro atoms. The summed E-state index contributed by atoms with van der Waals surface area (Å²) in [6.07, 6.45) is -4.77. The molecule has 0 saturated heterocycles. The Hall–Kier alpha value is -2.06. The van der Waals surface area contributed by atoms with Gasteiger partial charge in [0.05, 0.1) is 6.04 Å². The van der Waals surface area contributed by atoms with Gasteiger partial charge < -0.3 is 15.2 Å². The van der Waals surface area contributed by atoms with Crippen molar-refractivity contribution >= 4 is 12.4 Å². The van der Waals surface area contributed by atoms with Crippen molar-refractivity contribution in [2.45, 2.75) is 19.0 Å². The third-order valence-electron chi connectivity index (χ3n) is 2.92. The van der Waals surface area contributed by atoms with E-state index in [9.17, 15) is 22.0 Å². The van der Waals surface area contributed by atoms with E-state index in [1.165, 1.54) is 30.3 Å². The number of halogens is 6. The van der Waals surface area contributed by atoms with Gasteiger partial charge >= 0.3 is 13.0 Å².